The third-order valence-corrected chi connectivity index (χ3v) is 7.95. The Bertz CT molecular complexity index is 1050. The second-order valence-electron chi connectivity index (χ2n) is 7.49. The van der Waals surface area contributed by atoms with Crippen LogP contribution < -0.4 is 4.72 Å². The van der Waals surface area contributed by atoms with Crippen molar-refractivity contribution in [3.63, 3.8) is 0 Å². The summed E-state index contributed by atoms with van der Waals surface area (Å²) < 4.78 is 33.6. The average Bonchev–Trinajstić information content (AvgIpc) is 3.11. The van der Waals surface area contributed by atoms with Crippen molar-refractivity contribution in [1.82, 2.24) is 0 Å². The first-order valence-electron chi connectivity index (χ1n) is 9.00. The lowest BCUT2D eigenvalue weighted by Gasteiger charge is -2.24. The van der Waals surface area contributed by atoms with Crippen molar-refractivity contribution in [2.24, 2.45) is 11.3 Å². The summed E-state index contributed by atoms with van der Waals surface area (Å²) in [5, 5.41) is 0. The quantitative estimate of drug-likeness (QED) is 0.531. The van der Waals surface area contributed by atoms with Crippen LogP contribution in [0.15, 0.2) is 70.1 Å². The Hall–Kier alpha value is -2.12. The molecule has 2 atom stereocenters. The minimum Gasteiger partial charge on any atom is -0.465 e. The number of sulfonamides is 1. The Morgan fingerprint density at radius 2 is 1.89 bits per heavy atom. The van der Waals surface area contributed by atoms with Crippen molar-refractivity contribution < 1.29 is 17.9 Å². The second kappa shape index (κ2) is 7.04. The number of carbonyl (C=O) groups excluding carboxylic acids is 1. The average molecular weight is 462 g/mol. The van der Waals surface area contributed by atoms with Gasteiger partial charge in [-0.15, -0.1) is 0 Å². The van der Waals surface area contributed by atoms with Crippen LogP contribution in [0.5, 0.6) is 0 Å². The standard InChI is InChI=1S/C21H20BrNO4S/c1-14-10-16-13-27-20(24)21(16,11-14)12-15-6-8-17(9-7-15)23-28(25,26)19-5-3-2-4-18(19)22/h2-9,16,23H,1,10-13H2. The second-order valence-corrected chi connectivity index (χ2v) is 10.00. The number of hydrogen-bond acceptors (Lipinski definition) is 4. The van der Waals surface area contributed by atoms with E-state index in [0.29, 0.717) is 29.6 Å². The van der Waals surface area contributed by atoms with Crippen LogP contribution in [0.4, 0.5) is 5.69 Å². The first-order valence-corrected chi connectivity index (χ1v) is 11.3. The van der Waals surface area contributed by atoms with Crippen LogP contribution in [0.2, 0.25) is 0 Å². The SMILES string of the molecule is C=C1CC2COC(=O)C2(Cc2ccc(NS(=O)(=O)c3ccccc3Br)cc2)C1. The fraction of sp³-hybridized carbons (Fsp3) is 0.286. The maximum atomic E-state index is 12.6. The van der Waals surface area contributed by atoms with Crippen LogP contribution in [0.1, 0.15) is 18.4 Å². The summed E-state index contributed by atoms with van der Waals surface area (Å²) in [6.07, 6.45) is 2.06. The molecule has 0 spiro atoms. The van der Waals surface area contributed by atoms with Crippen molar-refractivity contribution in [2.45, 2.75) is 24.2 Å². The summed E-state index contributed by atoms with van der Waals surface area (Å²) in [5.74, 6) is 0.0379. The molecule has 0 amide bonds. The molecule has 2 aromatic rings. The third kappa shape index (κ3) is 3.37. The molecule has 28 heavy (non-hydrogen) atoms. The fourth-order valence-corrected chi connectivity index (χ4v) is 6.25. The highest BCUT2D eigenvalue weighted by molar-refractivity contribution is 9.10. The van der Waals surface area contributed by atoms with Gasteiger partial charge in [-0.25, -0.2) is 8.42 Å². The summed E-state index contributed by atoms with van der Waals surface area (Å²) >= 11 is 3.27. The van der Waals surface area contributed by atoms with Gasteiger partial charge in [0, 0.05) is 16.1 Å². The lowest BCUT2D eigenvalue weighted by molar-refractivity contribution is -0.146. The number of fused-ring (bicyclic) bond motifs is 1. The summed E-state index contributed by atoms with van der Waals surface area (Å²) in [6, 6.07) is 13.8. The van der Waals surface area contributed by atoms with Crippen LogP contribution in [-0.4, -0.2) is 21.0 Å². The van der Waals surface area contributed by atoms with Gasteiger partial charge in [0.2, 0.25) is 0 Å². The monoisotopic (exact) mass is 461 g/mol. The van der Waals surface area contributed by atoms with E-state index in [2.05, 4.69) is 27.2 Å². The highest BCUT2D eigenvalue weighted by Gasteiger charge is 2.55. The van der Waals surface area contributed by atoms with Crippen LogP contribution >= 0.6 is 15.9 Å². The van der Waals surface area contributed by atoms with Crippen molar-refractivity contribution in [1.29, 1.82) is 0 Å². The number of ether oxygens (including phenoxy) is 1. The van der Waals surface area contributed by atoms with Gasteiger partial charge >= 0.3 is 5.97 Å². The van der Waals surface area contributed by atoms with E-state index in [4.69, 9.17) is 4.74 Å². The molecule has 4 rings (SSSR count). The molecule has 5 nitrogen and oxygen atoms in total. The molecule has 1 aliphatic heterocycles. The zero-order chi connectivity index (χ0) is 19.9. The molecule has 1 aliphatic carbocycles. The number of halogens is 1. The van der Waals surface area contributed by atoms with Gasteiger partial charge in [0.25, 0.3) is 10.0 Å². The van der Waals surface area contributed by atoms with E-state index in [9.17, 15) is 13.2 Å². The van der Waals surface area contributed by atoms with Crippen molar-refractivity contribution in [3.8, 4) is 0 Å². The molecule has 1 heterocycles. The van der Waals surface area contributed by atoms with Gasteiger partial charge in [-0.1, -0.05) is 36.4 Å². The molecule has 1 saturated carbocycles. The molecule has 7 heteroatoms. The predicted octanol–water partition coefficient (Wildman–Crippen LogP) is 4.30. The Morgan fingerprint density at radius 1 is 1.18 bits per heavy atom. The Morgan fingerprint density at radius 3 is 2.61 bits per heavy atom. The number of anilines is 1. The van der Waals surface area contributed by atoms with Crippen LogP contribution in [0, 0.1) is 11.3 Å². The van der Waals surface area contributed by atoms with Crippen molar-refractivity contribution >= 4 is 37.6 Å². The zero-order valence-electron chi connectivity index (χ0n) is 15.2. The Kier molecular flexibility index (Phi) is 4.83. The normalized spacial score (nSPS) is 24.1. The van der Waals surface area contributed by atoms with Crippen LogP contribution in [0.25, 0.3) is 0 Å². The van der Waals surface area contributed by atoms with Gasteiger partial charge in [0.05, 0.1) is 12.0 Å². The number of benzene rings is 2. The number of hydrogen-bond donors (Lipinski definition) is 1. The minimum atomic E-state index is -3.69. The number of carbonyl (C=O) groups is 1. The fourth-order valence-electron chi connectivity index (χ4n) is 4.19. The maximum Gasteiger partial charge on any atom is 0.313 e. The summed E-state index contributed by atoms with van der Waals surface area (Å²) in [5.41, 5.74) is 2.02. The highest BCUT2D eigenvalue weighted by atomic mass is 79.9. The molecule has 2 aliphatic rings. The molecular weight excluding hydrogens is 442 g/mol. The Balaban J connectivity index is 1.53. The van der Waals surface area contributed by atoms with Gasteiger partial charge in [-0.3, -0.25) is 9.52 Å². The van der Waals surface area contributed by atoms with E-state index in [1.807, 2.05) is 12.1 Å². The van der Waals surface area contributed by atoms with Gasteiger partial charge in [-0.2, -0.15) is 0 Å². The largest absolute Gasteiger partial charge is 0.465 e. The molecule has 2 aromatic carbocycles. The topological polar surface area (TPSA) is 72.5 Å². The zero-order valence-corrected chi connectivity index (χ0v) is 17.6. The molecule has 0 bridgehead atoms. The lowest BCUT2D eigenvalue weighted by atomic mass is 9.75. The number of cyclic esters (lactones) is 1. The van der Waals surface area contributed by atoms with E-state index in [1.165, 1.54) is 0 Å². The molecule has 0 radical (unpaired) electrons. The molecular formula is C21H20BrNO4S. The molecule has 1 saturated heterocycles. The predicted molar refractivity (Wildman–Crippen MR) is 110 cm³/mol. The molecule has 1 N–H and O–H groups in total. The number of nitrogens with one attached hydrogen (secondary N) is 1. The number of rotatable bonds is 5. The van der Waals surface area contributed by atoms with E-state index < -0.39 is 15.4 Å². The molecule has 2 fully saturated rings. The summed E-state index contributed by atoms with van der Waals surface area (Å²) in [4.78, 5) is 12.6. The molecule has 146 valence electrons. The van der Waals surface area contributed by atoms with Gasteiger partial charge in [-0.05, 0) is 65.0 Å². The van der Waals surface area contributed by atoms with E-state index in [1.54, 1.807) is 36.4 Å². The van der Waals surface area contributed by atoms with Crippen molar-refractivity contribution in [3.05, 3.63) is 70.7 Å². The Labute approximate surface area is 173 Å². The smallest absolute Gasteiger partial charge is 0.313 e. The van der Waals surface area contributed by atoms with E-state index in [-0.39, 0.29) is 16.8 Å². The first-order chi connectivity index (χ1) is 13.3. The first kappa shape index (κ1) is 19.2. The van der Waals surface area contributed by atoms with Gasteiger partial charge in [0.15, 0.2) is 0 Å². The lowest BCUT2D eigenvalue weighted by Crippen LogP contribution is -2.31. The van der Waals surface area contributed by atoms with E-state index in [0.717, 1.165) is 17.6 Å². The molecule has 0 aromatic heterocycles. The van der Waals surface area contributed by atoms with Crippen LogP contribution in [-0.2, 0) is 26.0 Å². The van der Waals surface area contributed by atoms with Crippen LogP contribution in [0.3, 0.4) is 0 Å². The highest BCUT2D eigenvalue weighted by Crippen LogP contribution is 2.52. The summed E-state index contributed by atoms with van der Waals surface area (Å²) in [6.45, 7) is 4.52. The summed E-state index contributed by atoms with van der Waals surface area (Å²) in [7, 11) is -3.69. The minimum absolute atomic E-state index is 0.144. The number of esters is 1. The van der Waals surface area contributed by atoms with Gasteiger partial charge < -0.3 is 4.74 Å². The maximum absolute atomic E-state index is 12.6. The molecule has 2 unspecified atom stereocenters. The number of allylic oxidation sites excluding steroid dienone is 1. The van der Waals surface area contributed by atoms with Crippen molar-refractivity contribution in [2.75, 3.05) is 11.3 Å². The van der Waals surface area contributed by atoms with Gasteiger partial charge in [0.1, 0.15) is 4.90 Å². The van der Waals surface area contributed by atoms with E-state index >= 15 is 0 Å². The third-order valence-electron chi connectivity index (χ3n) is 5.56.